The first-order valence-corrected chi connectivity index (χ1v) is 14.6. The van der Waals surface area contributed by atoms with Gasteiger partial charge in [0.1, 0.15) is 12.4 Å². The summed E-state index contributed by atoms with van der Waals surface area (Å²) in [4.78, 5) is 31.9. The third-order valence-electron chi connectivity index (χ3n) is 6.84. The van der Waals surface area contributed by atoms with Crippen molar-refractivity contribution >= 4 is 40.7 Å². The summed E-state index contributed by atoms with van der Waals surface area (Å²) in [5, 5.41) is 7.23. The highest BCUT2D eigenvalue weighted by Crippen LogP contribution is 2.49. The number of rotatable bonds is 4. The maximum Gasteiger partial charge on any atom is 0.242 e. The molecule has 1 aromatic carbocycles. The van der Waals surface area contributed by atoms with Gasteiger partial charge in [-0.1, -0.05) is 44.5 Å². The Morgan fingerprint density at radius 3 is 2.57 bits per heavy atom. The van der Waals surface area contributed by atoms with Crippen LogP contribution in [-0.4, -0.2) is 65.1 Å². The molecule has 7 nitrogen and oxygen atoms in total. The number of nitrogens with zero attached hydrogens (tertiary/aromatic N) is 4. The van der Waals surface area contributed by atoms with Gasteiger partial charge in [0, 0.05) is 28.9 Å². The average molecular weight is 539 g/mol. The Morgan fingerprint density at radius 1 is 1.16 bits per heavy atom. The van der Waals surface area contributed by atoms with Gasteiger partial charge in [0.15, 0.2) is 0 Å². The molecule has 3 aromatic rings. The topological polar surface area (TPSA) is 67.7 Å². The predicted molar refractivity (Wildman–Crippen MR) is 150 cm³/mol. The molecule has 196 valence electrons. The van der Waals surface area contributed by atoms with Crippen molar-refractivity contribution < 1.29 is 14.3 Å². The van der Waals surface area contributed by atoms with E-state index in [4.69, 9.17) is 9.84 Å². The molecule has 37 heavy (non-hydrogen) atoms. The average Bonchev–Trinajstić information content (AvgIpc) is 3.49. The van der Waals surface area contributed by atoms with Crippen LogP contribution >= 0.6 is 23.1 Å². The van der Waals surface area contributed by atoms with Crippen molar-refractivity contribution in [1.29, 1.82) is 0 Å². The largest absolute Gasteiger partial charge is 0.378 e. The number of aryl methyl sites for hydroxylation is 2. The number of thiophene rings is 1. The SMILES string of the molecule is Cc1ccc(-n2nc(C(C)(C)C)c3c2N(CC(=O)N2CCOCC2)C(=O)CSC3c2cccs2)c(C)c1. The lowest BCUT2D eigenvalue weighted by molar-refractivity contribution is -0.134. The van der Waals surface area contributed by atoms with Crippen molar-refractivity contribution in [3.8, 4) is 5.69 Å². The van der Waals surface area contributed by atoms with Crippen molar-refractivity contribution in [3.63, 3.8) is 0 Å². The monoisotopic (exact) mass is 538 g/mol. The zero-order valence-corrected chi connectivity index (χ0v) is 23.7. The normalized spacial score (nSPS) is 18.6. The number of aromatic nitrogens is 2. The smallest absolute Gasteiger partial charge is 0.242 e. The molecule has 5 rings (SSSR count). The number of amides is 2. The molecule has 2 aromatic heterocycles. The third kappa shape index (κ3) is 5.09. The summed E-state index contributed by atoms with van der Waals surface area (Å²) in [5.41, 5.74) is 4.87. The maximum atomic E-state index is 13.8. The molecule has 2 aliphatic rings. The van der Waals surface area contributed by atoms with Gasteiger partial charge < -0.3 is 9.64 Å². The molecule has 1 unspecified atom stereocenters. The molecule has 0 radical (unpaired) electrons. The lowest BCUT2D eigenvalue weighted by atomic mass is 9.88. The number of morpholine rings is 1. The zero-order valence-electron chi connectivity index (χ0n) is 22.1. The van der Waals surface area contributed by atoms with Crippen LogP contribution in [0.3, 0.4) is 0 Å². The first kappa shape index (κ1) is 26.0. The molecule has 1 atom stereocenters. The van der Waals surface area contributed by atoms with Crippen LogP contribution in [0.4, 0.5) is 5.82 Å². The zero-order chi connectivity index (χ0) is 26.3. The molecule has 9 heteroatoms. The van der Waals surface area contributed by atoms with Gasteiger partial charge in [-0.15, -0.1) is 23.1 Å². The Morgan fingerprint density at radius 2 is 1.92 bits per heavy atom. The molecule has 2 amide bonds. The van der Waals surface area contributed by atoms with E-state index in [1.54, 1.807) is 32.9 Å². The molecule has 0 aliphatic carbocycles. The van der Waals surface area contributed by atoms with Crippen LogP contribution in [0.15, 0.2) is 35.7 Å². The van der Waals surface area contributed by atoms with Gasteiger partial charge >= 0.3 is 0 Å². The van der Waals surface area contributed by atoms with Gasteiger partial charge in [-0.2, -0.15) is 5.10 Å². The highest BCUT2D eigenvalue weighted by atomic mass is 32.2. The number of carbonyl (C=O) groups excluding carboxylic acids is 2. The molecule has 4 heterocycles. The van der Waals surface area contributed by atoms with Crippen LogP contribution in [0.1, 0.15) is 53.3 Å². The fourth-order valence-electron chi connectivity index (χ4n) is 5.00. The Labute approximate surface area is 226 Å². The van der Waals surface area contributed by atoms with E-state index in [1.165, 1.54) is 4.88 Å². The highest BCUT2D eigenvalue weighted by molar-refractivity contribution is 8.00. The predicted octanol–water partition coefficient (Wildman–Crippen LogP) is 4.88. The van der Waals surface area contributed by atoms with Crippen LogP contribution in [0.5, 0.6) is 0 Å². The van der Waals surface area contributed by atoms with E-state index in [-0.39, 0.29) is 29.0 Å². The van der Waals surface area contributed by atoms with E-state index in [1.807, 2.05) is 4.68 Å². The van der Waals surface area contributed by atoms with Crippen molar-refractivity contribution in [3.05, 3.63) is 63.0 Å². The fourth-order valence-corrected chi connectivity index (χ4v) is 7.17. The Balaban J connectivity index is 1.73. The summed E-state index contributed by atoms with van der Waals surface area (Å²) in [6.45, 7) is 12.8. The molecule has 1 saturated heterocycles. The first-order valence-electron chi connectivity index (χ1n) is 12.7. The molecular weight excluding hydrogens is 504 g/mol. The maximum absolute atomic E-state index is 13.8. The van der Waals surface area contributed by atoms with Gasteiger partial charge in [-0.25, -0.2) is 4.68 Å². The highest BCUT2D eigenvalue weighted by Gasteiger charge is 2.40. The van der Waals surface area contributed by atoms with Gasteiger partial charge in [0.2, 0.25) is 11.8 Å². The second-order valence-corrected chi connectivity index (χ2v) is 12.8. The van der Waals surface area contributed by atoms with E-state index in [2.05, 4.69) is 70.3 Å². The summed E-state index contributed by atoms with van der Waals surface area (Å²) in [5.74, 6) is 0.877. The minimum absolute atomic E-state index is 0.0102. The number of ether oxygens (including phenoxy) is 1. The summed E-state index contributed by atoms with van der Waals surface area (Å²) in [7, 11) is 0. The Hall–Kier alpha value is -2.62. The Kier molecular flexibility index (Phi) is 7.22. The van der Waals surface area contributed by atoms with Gasteiger partial charge in [0.25, 0.3) is 0 Å². The van der Waals surface area contributed by atoms with E-state index in [0.29, 0.717) is 37.9 Å². The van der Waals surface area contributed by atoms with Crippen molar-refractivity contribution in [2.24, 2.45) is 0 Å². The van der Waals surface area contributed by atoms with Gasteiger partial charge in [-0.05, 0) is 36.9 Å². The van der Waals surface area contributed by atoms with Gasteiger partial charge in [-0.3, -0.25) is 14.5 Å². The van der Waals surface area contributed by atoms with E-state index < -0.39 is 0 Å². The molecule has 0 bridgehead atoms. The fraction of sp³-hybridized carbons (Fsp3) is 0.464. The summed E-state index contributed by atoms with van der Waals surface area (Å²) < 4.78 is 7.36. The van der Waals surface area contributed by atoms with E-state index in [9.17, 15) is 9.59 Å². The van der Waals surface area contributed by atoms with E-state index >= 15 is 0 Å². The second-order valence-electron chi connectivity index (χ2n) is 10.7. The molecular formula is C28H34N4O3S2. The number of carbonyl (C=O) groups is 2. The van der Waals surface area contributed by atoms with Crippen LogP contribution in [-0.2, 0) is 19.7 Å². The number of hydrogen-bond acceptors (Lipinski definition) is 6. The van der Waals surface area contributed by atoms with Crippen LogP contribution in [0.2, 0.25) is 0 Å². The molecule has 2 aliphatic heterocycles. The van der Waals surface area contributed by atoms with Crippen molar-refractivity contribution in [1.82, 2.24) is 14.7 Å². The van der Waals surface area contributed by atoms with Crippen molar-refractivity contribution in [2.45, 2.75) is 45.3 Å². The second kappa shape index (κ2) is 10.3. The summed E-state index contributed by atoms with van der Waals surface area (Å²) >= 11 is 3.32. The summed E-state index contributed by atoms with van der Waals surface area (Å²) in [6.07, 6.45) is 0. The molecule has 1 fully saturated rings. The molecule has 0 spiro atoms. The van der Waals surface area contributed by atoms with Crippen LogP contribution in [0.25, 0.3) is 5.69 Å². The van der Waals surface area contributed by atoms with Gasteiger partial charge in [0.05, 0.1) is 35.6 Å². The number of benzene rings is 1. The summed E-state index contributed by atoms with van der Waals surface area (Å²) in [6, 6.07) is 10.5. The minimum Gasteiger partial charge on any atom is -0.378 e. The number of anilines is 1. The Bertz CT molecular complexity index is 1300. The quantitative estimate of drug-likeness (QED) is 0.474. The lowest BCUT2D eigenvalue weighted by Gasteiger charge is -2.30. The third-order valence-corrected chi connectivity index (χ3v) is 9.16. The number of hydrogen-bond donors (Lipinski definition) is 0. The van der Waals surface area contributed by atoms with Crippen LogP contribution in [0, 0.1) is 13.8 Å². The molecule has 0 saturated carbocycles. The lowest BCUT2D eigenvalue weighted by Crippen LogP contribution is -2.48. The number of fused-ring (bicyclic) bond motifs is 1. The van der Waals surface area contributed by atoms with Crippen LogP contribution < -0.4 is 4.90 Å². The standard InChI is InChI=1S/C28H34N4O3S2/c1-18-8-9-20(19(2)15-18)32-27-24(26(29-32)28(3,4)5)25(21-7-6-14-36-21)37-17-23(34)31(27)16-22(33)30-10-12-35-13-11-30/h6-9,14-15,25H,10-13,16-17H2,1-5H3. The van der Waals surface area contributed by atoms with Crippen molar-refractivity contribution in [2.75, 3.05) is 43.5 Å². The van der Waals surface area contributed by atoms with E-state index in [0.717, 1.165) is 28.1 Å². The minimum atomic E-state index is -0.267. The number of thioether (sulfide) groups is 1. The molecule has 0 N–H and O–H groups in total. The first-order chi connectivity index (χ1) is 17.6.